The number of anilines is 1. The second-order valence-electron chi connectivity index (χ2n) is 7.35. The topological polar surface area (TPSA) is 53.9 Å². The molecule has 0 saturated heterocycles. The van der Waals surface area contributed by atoms with E-state index in [2.05, 4.69) is 10.4 Å². The van der Waals surface area contributed by atoms with Gasteiger partial charge in [-0.3, -0.25) is 10.2 Å². The first-order valence-corrected chi connectivity index (χ1v) is 11.1. The summed E-state index contributed by atoms with van der Waals surface area (Å²) >= 11 is 1.38. The molecule has 1 amide bonds. The van der Waals surface area contributed by atoms with Crippen molar-refractivity contribution in [3.63, 3.8) is 0 Å². The molecule has 0 fully saturated rings. The van der Waals surface area contributed by atoms with Gasteiger partial charge in [-0.25, -0.2) is 13.8 Å². The summed E-state index contributed by atoms with van der Waals surface area (Å²) in [5, 5.41) is 2.04. The number of carbonyl (C=O) groups is 1. The number of para-hydroxylation sites is 1. The molecule has 0 radical (unpaired) electrons. The van der Waals surface area contributed by atoms with E-state index in [1.807, 2.05) is 48.7 Å². The predicted molar refractivity (Wildman–Crippen MR) is 122 cm³/mol. The number of carbonyl (C=O) groups excluding carboxylic acids is 1. The molecule has 3 aromatic rings. The maximum atomic E-state index is 13.7. The SMILES string of the molecule is CSC1=N[C@](C)(c2ccc(COc3ccc(F)cc3F)cc2)C(=O)N1Nc1ccccc1. The van der Waals surface area contributed by atoms with E-state index in [0.717, 1.165) is 28.9 Å². The minimum atomic E-state index is -1.08. The maximum Gasteiger partial charge on any atom is 0.279 e. The summed E-state index contributed by atoms with van der Waals surface area (Å²) in [4.78, 5) is 18.0. The van der Waals surface area contributed by atoms with E-state index in [0.29, 0.717) is 5.17 Å². The highest BCUT2D eigenvalue weighted by Gasteiger charge is 2.46. The van der Waals surface area contributed by atoms with Gasteiger partial charge in [0, 0.05) is 6.07 Å². The number of nitrogens with one attached hydrogen (secondary N) is 1. The van der Waals surface area contributed by atoms with E-state index in [9.17, 15) is 13.6 Å². The molecule has 1 aliphatic rings. The Morgan fingerprint density at radius 1 is 1.06 bits per heavy atom. The Balaban J connectivity index is 1.50. The molecule has 3 aromatic carbocycles. The molecule has 1 heterocycles. The van der Waals surface area contributed by atoms with Crippen molar-refractivity contribution in [2.24, 2.45) is 4.99 Å². The van der Waals surface area contributed by atoms with E-state index in [1.54, 1.807) is 19.1 Å². The summed E-state index contributed by atoms with van der Waals surface area (Å²) in [5.74, 6) is -1.63. The van der Waals surface area contributed by atoms with Crippen molar-refractivity contribution in [1.82, 2.24) is 5.01 Å². The fourth-order valence-corrected chi connectivity index (χ4v) is 3.92. The van der Waals surface area contributed by atoms with Crippen LogP contribution < -0.4 is 10.2 Å². The minimum Gasteiger partial charge on any atom is -0.486 e. The third kappa shape index (κ3) is 4.31. The fourth-order valence-electron chi connectivity index (χ4n) is 3.34. The van der Waals surface area contributed by atoms with Gasteiger partial charge >= 0.3 is 0 Å². The lowest BCUT2D eigenvalue weighted by molar-refractivity contribution is -0.129. The van der Waals surface area contributed by atoms with Crippen LogP contribution in [0.4, 0.5) is 14.5 Å². The summed E-state index contributed by atoms with van der Waals surface area (Å²) in [7, 11) is 0. The second kappa shape index (κ2) is 9.00. The monoisotopic (exact) mass is 453 g/mol. The van der Waals surface area contributed by atoms with Gasteiger partial charge in [0.05, 0.1) is 5.69 Å². The van der Waals surface area contributed by atoms with Crippen molar-refractivity contribution in [1.29, 1.82) is 0 Å². The summed E-state index contributed by atoms with van der Waals surface area (Å²) in [5.41, 5.74) is 4.33. The zero-order valence-electron chi connectivity index (χ0n) is 17.5. The molecular weight excluding hydrogens is 432 g/mol. The number of hydrogen-bond donors (Lipinski definition) is 1. The average Bonchev–Trinajstić information content (AvgIpc) is 3.05. The van der Waals surface area contributed by atoms with E-state index in [4.69, 9.17) is 4.74 Å². The summed E-state index contributed by atoms with van der Waals surface area (Å²) in [6, 6.07) is 19.8. The summed E-state index contributed by atoms with van der Waals surface area (Å²) in [6.07, 6.45) is 1.87. The van der Waals surface area contributed by atoms with Crippen molar-refractivity contribution in [2.75, 3.05) is 11.7 Å². The van der Waals surface area contributed by atoms with Crippen LogP contribution in [0.25, 0.3) is 0 Å². The molecule has 8 heteroatoms. The lowest BCUT2D eigenvalue weighted by Crippen LogP contribution is -2.42. The molecule has 1 N–H and O–H groups in total. The fraction of sp³-hybridized carbons (Fsp3) is 0.167. The Morgan fingerprint density at radius 2 is 1.78 bits per heavy atom. The molecule has 0 saturated carbocycles. The third-order valence-corrected chi connectivity index (χ3v) is 5.77. The summed E-state index contributed by atoms with van der Waals surface area (Å²) < 4.78 is 32.2. The number of thioether (sulfide) groups is 1. The Hall–Kier alpha value is -3.39. The number of nitrogens with zero attached hydrogens (tertiary/aromatic N) is 2. The number of aliphatic imine (C=N–C) groups is 1. The number of benzene rings is 3. The molecular formula is C24H21F2N3O2S. The molecule has 1 aliphatic heterocycles. The molecule has 164 valence electrons. The van der Waals surface area contributed by atoms with Crippen LogP contribution in [-0.2, 0) is 16.9 Å². The van der Waals surface area contributed by atoms with Gasteiger partial charge in [-0.1, -0.05) is 54.2 Å². The normalized spacial score (nSPS) is 17.9. The standard InChI is InChI=1S/C24H21F2N3O2S/c1-24(22(30)29(23(27-24)32-2)28-19-6-4-3-5-7-19)17-10-8-16(9-11-17)15-31-21-13-12-18(25)14-20(21)26/h3-14,28H,15H2,1-2H3/t24-/m1/s1. The Kier molecular flexibility index (Phi) is 6.14. The van der Waals surface area contributed by atoms with E-state index in [-0.39, 0.29) is 18.3 Å². The van der Waals surface area contributed by atoms with Crippen LogP contribution in [0.2, 0.25) is 0 Å². The van der Waals surface area contributed by atoms with Crippen molar-refractivity contribution >= 4 is 28.5 Å². The van der Waals surface area contributed by atoms with Crippen molar-refractivity contribution in [3.8, 4) is 5.75 Å². The molecule has 0 spiro atoms. The molecule has 32 heavy (non-hydrogen) atoms. The number of ether oxygens (including phenoxy) is 1. The van der Waals surface area contributed by atoms with Gasteiger partial charge in [-0.15, -0.1) is 0 Å². The first-order chi connectivity index (χ1) is 15.4. The van der Waals surface area contributed by atoms with Crippen LogP contribution in [-0.4, -0.2) is 22.3 Å². The molecule has 0 aliphatic carbocycles. The quantitative estimate of drug-likeness (QED) is 0.547. The van der Waals surface area contributed by atoms with E-state index >= 15 is 0 Å². The molecule has 0 bridgehead atoms. The molecule has 0 unspecified atom stereocenters. The Labute approximate surface area is 189 Å². The van der Waals surface area contributed by atoms with Gasteiger partial charge < -0.3 is 4.74 Å². The van der Waals surface area contributed by atoms with Crippen LogP contribution in [0.15, 0.2) is 77.8 Å². The first kappa shape index (κ1) is 21.8. The van der Waals surface area contributed by atoms with Crippen LogP contribution in [0.5, 0.6) is 5.75 Å². The van der Waals surface area contributed by atoms with Crippen molar-refractivity contribution in [2.45, 2.75) is 19.1 Å². The zero-order chi connectivity index (χ0) is 22.7. The highest BCUT2D eigenvalue weighted by Crippen LogP contribution is 2.36. The lowest BCUT2D eigenvalue weighted by atomic mass is 9.92. The number of rotatable bonds is 6. The lowest BCUT2D eigenvalue weighted by Gasteiger charge is -2.24. The number of halogens is 2. The second-order valence-corrected chi connectivity index (χ2v) is 8.12. The first-order valence-electron chi connectivity index (χ1n) is 9.88. The molecule has 0 aromatic heterocycles. The Bertz CT molecular complexity index is 1160. The van der Waals surface area contributed by atoms with Crippen molar-refractivity contribution in [3.05, 3.63) is 95.6 Å². The largest absolute Gasteiger partial charge is 0.486 e. The van der Waals surface area contributed by atoms with Crippen LogP contribution in [0, 0.1) is 11.6 Å². The van der Waals surface area contributed by atoms with E-state index < -0.39 is 17.2 Å². The minimum absolute atomic E-state index is 0.0229. The van der Waals surface area contributed by atoms with Gasteiger partial charge in [0.1, 0.15) is 12.4 Å². The van der Waals surface area contributed by atoms with Gasteiger partial charge in [0.2, 0.25) is 0 Å². The smallest absolute Gasteiger partial charge is 0.279 e. The zero-order valence-corrected chi connectivity index (χ0v) is 18.3. The van der Waals surface area contributed by atoms with Crippen LogP contribution in [0.1, 0.15) is 18.1 Å². The maximum absolute atomic E-state index is 13.7. The number of hydrogen-bond acceptors (Lipinski definition) is 5. The van der Waals surface area contributed by atoms with Gasteiger partial charge in [0.15, 0.2) is 22.3 Å². The molecule has 1 atom stereocenters. The summed E-state index contributed by atoms with van der Waals surface area (Å²) in [6.45, 7) is 1.88. The van der Waals surface area contributed by atoms with Gasteiger partial charge in [-0.2, -0.15) is 5.01 Å². The van der Waals surface area contributed by atoms with E-state index in [1.165, 1.54) is 22.8 Å². The molecule has 4 rings (SSSR count). The number of amidine groups is 1. The predicted octanol–water partition coefficient (Wildman–Crippen LogP) is 5.35. The van der Waals surface area contributed by atoms with Crippen molar-refractivity contribution < 1.29 is 18.3 Å². The van der Waals surface area contributed by atoms with Gasteiger partial charge in [-0.05, 0) is 48.6 Å². The van der Waals surface area contributed by atoms with Gasteiger partial charge in [0.25, 0.3) is 5.91 Å². The number of amides is 1. The van der Waals surface area contributed by atoms with Crippen LogP contribution >= 0.6 is 11.8 Å². The highest BCUT2D eigenvalue weighted by molar-refractivity contribution is 8.13. The Morgan fingerprint density at radius 3 is 2.44 bits per heavy atom. The average molecular weight is 454 g/mol. The van der Waals surface area contributed by atoms with Crippen LogP contribution in [0.3, 0.4) is 0 Å². The molecule has 5 nitrogen and oxygen atoms in total. The number of hydrazine groups is 1. The third-order valence-electron chi connectivity index (χ3n) is 5.13. The highest BCUT2D eigenvalue weighted by atomic mass is 32.2.